The van der Waals surface area contributed by atoms with Crippen molar-refractivity contribution < 1.29 is 17.5 Å². The van der Waals surface area contributed by atoms with Crippen molar-refractivity contribution in [1.82, 2.24) is 9.97 Å². The van der Waals surface area contributed by atoms with E-state index in [9.17, 15) is 12.8 Å². The van der Waals surface area contributed by atoms with Crippen molar-refractivity contribution >= 4 is 27.3 Å². The van der Waals surface area contributed by atoms with Gasteiger partial charge < -0.3 is 9.64 Å². The first-order chi connectivity index (χ1) is 11.8. The molecule has 25 heavy (non-hydrogen) atoms. The third-order valence-corrected chi connectivity index (χ3v) is 5.29. The zero-order chi connectivity index (χ0) is 18.2. The highest BCUT2D eigenvalue weighted by molar-refractivity contribution is 7.90. The number of ether oxygens (including phenoxy) is 1. The molecule has 1 aliphatic rings. The number of halogens is 2. The van der Waals surface area contributed by atoms with E-state index < -0.39 is 15.7 Å². The zero-order valence-corrected chi connectivity index (χ0v) is 15.3. The Hall–Kier alpha value is -1.77. The molecule has 134 valence electrons. The molecule has 2 aromatic rings. The highest BCUT2D eigenvalue weighted by atomic mass is 35.5. The van der Waals surface area contributed by atoms with Crippen LogP contribution < -0.4 is 4.90 Å². The molecule has 2 heterocycles. The lowest BCUT2D eigenvalue weighted by atomic mass is 10.1. The van der Waals surface area contributed by atoms with Crippen LogP contribution in [0.2, 0.25) is 5.28 Å². The van der Waals surface area contributed by atoms with Crippen LogP contribution in [0.15, 0.2) is 29.2 Å². The summed E-state index contributed by atoms with van der Waals surface area (Å²) < 4.78 is 43.2. The van der Waals surface area contributed by atoms with Crippen LogP contribution in [-0.2, 0) is 14.6 Å². The van der Waals surface area contributed by atoms with Gasteiger partial charge in [0.05, 0.1) is 29.8 Å². The first kappa shape index (κ1) is 18.0. The third kappa shape index (κ3) is 3.91. The Morgan fingerprint density at radius 1 is 1.32 bits per heavy atom. The van der Waals surface area contributed by atoms with E-state index in [1.165, 1.54) is 6.07 Å². The summed E-state index contributed by atoms with van der Waals surface area (Å²) in [5.74, 6) is -0.00654. The first-order valence-corrected chi connectivity index (χ1v) is 9.91. The first-order valence-electron chi connectivity index (χ1n) is 7.64. The molecule has 1 fully saturated rings. The van der Waals surface area contributed by atoms with Gasteiger partial charge in [0.15, 0.2) is 9.84 Å². The van der Waals surface area contributed by atoms with E-state index in [1.807, 2.05) is 11.8 Å². The van der Waals surface area contributed by atoms with Crippen molar-refractivity contribution in [1.29, 1.82) is 0 Å². The van der Waals surface area contributed by atoms with Gasteiger partial charge in [0.25, 0.3) is 0 Å². The maximum absolute atomic E-state index is 13.7. The maximum atomic E-state index is 13.7. The van der Waals surface area contributed by atoms with Crippen LogP contribution in [0, 0.1) is 5.82 Å². The molecular formula is C16H17ClFN3O3S. The Morgan fingerprint density at radius 2 is 2.08 bits per heavy atom. The van der Waals surface area contributed by atoms with E-state index in [4.69, 9.17) is 16.3 Å². The highest BCUT2D eigenvalue weighted by Crippen LogP contribution is 2.30. The van der Waals surface area contributed by atoms with E-state index >= 15 is 0 Å². The fourth-order valence-corrected chi connectivity index (χ4v) is 3.84. The normalized spacial score (nSPS) is 18.4. The molecule has 0 radical (unpaired) electrons. The van der Waals surface area contributed by atoms with Gasteiger partial charge >= 0.3 is 0 Å². The number of hydrogen-bond donors (Lipinski definition) is 0. The molecule has 3 rings (SSSR count). The van der Waals surface area contributed by atoms with Gasteiger partial charge in [0, 0.05) is 24.4 Å². The molecule has 0 spiro atoms. The Labute approximate surface area is 150 Å². The minimum atomic E-state index is -3.56. The molecule has 6 nitrogen and oxygen atoms in total. The summed E-state index contributed by atoms with van der Waals surface area (Å²) in [5.41, 5.74) is 0.419. The lowest BCUT2D eigenvalue weighted by Gasteiger charge is -2.34. The van der Waals surface area contributed by atoms with Gasteiger partial charge in [-0.1, -0.05) is 0 Å². The fraction of sp³-hybridized carbons (Fsp3) is 0.375. The summed E-state index contributed by atoms with van der Waals surface area (Å²) in [5, 5.41) is -0.0325. The molecule has 1 atom stereocenters. The predicted octanol–water partition coefficient (Wildman–Crippen LogP) is 2.56. The lowest BCUT2D eigenvalue weighted by Crippen LogP contribution is -2.44. The van der Waals surface area contributed by atoms with Gasteiger partial charge in [-0.3, -0.25) is 0 Å². The summed E-state index contributed by atoms with van der Waals surface area (Å²) in [6.07, 6.45) is 1.07. The number of morpholine rings is 1. The molecule has 1 saturated heterocycles. The van der Waals surface area contributed by atoms with Gasteiger partial charge in [-0.2, -0.15) is 0 Å². The lowest BCUT2D eigenvalue weighted by molar-refractivity contribution is 0.0985. The average Bonchev–Trinajstić information content (AvgIpc) is 2.53. The van der Waals surface area contributed by atoms with Crippen LogP contribution in [0.1, 0.15) is 6.92 Å². The van der Waals surface area contributed by atoms with E-state index in [2.05, 4.69) is 9.97 Å². The van der Waals surface area contributed by atoms with E-state index in [0.29, 0.717) is 25.6 Å². The number of sulfone groups is 1. The van der Waals surface area contributed by atoms with Crippen molar-refractivity contribution in [2.24, 2.45) is 0 Å². The van der Waals surface area contributed by atoms with Crippen molar-refractivity contribution in [2.75, 3.05) is 30.9 Å². The molecule has 0 bridgehead atoms. The van der Waals surface area contributed by atoms with Gasteiger partial charge in [0.1, 0.15) is 11.6 Å². The predicted molar refractivity (Wildman–Crippen MR) is 93.2 cm³/mol. The van der Waals surface area contributed by atoms with Crippen LogP contribution in [0.25, 0.3) is 11.3 Å². The maximum Gasteiger partial charge on any atom is 0.224 e. The van der Waals surface area contributed by atoms with Crippen LogP contribution in [0.4, 0.5) is 10.2 Å². The Morgan fingerprint density at radius 3 is 2.76 bits per heavy atom. The van der Waals surface area contributed by atoms with Crippen molar-refractivity contribution in [3.8, 4) is 11.3 Å². The van der Waals surface area contributed by atoms with Crippen molar-refractivity contribution in [2.45, 2.75) is 17.9 Å². The van der Waals surface area contributed by atoms with E-state index in [-0.39, 0.29) is 27.5 Å². The summed E-state index contributed by atoms with van der Waals surface area (Å²) in [4.78, 5) is 10.3. The number of hydrogen-bond acceptors (Lipinski definition) is 6. The van der Waals surface area contributed by atoms with Gasteiger partial charge in [-0.15, -0.1) is 0 Å². The summed E-state index contributed by atoms with van der Waals surface area (Å²) in [6, 6.07) is 5.17. The molecule has 1 unspecified atom stereocenters. The second kappa shape index (κ2) is 6.86. The quantitative estimate of drug-likeness (QED) is 0.597. The van der Waals surface area contributed by atoms with Crippen molar-refractivity contribution in [3.63, 3.8) is 0 Å². The summed E-state index contributed by atoms with van der Waals surface area (Å²) in [7, 11) is -3.56. The Balaban J connectivity index is 2.14. The average molecular weight is 386 g/mol. The second-order valence-electron chi connectivity index (χ2n) is 5.91. The molecule has 0 N–H and O–H groups in total. The molecular weight excluding hydrogens is 369 g/mol. The number of nitrogens with zero attached hydrogens (tertiary/aromatic N) is 3. The number of benzene rings is 1. The molecule has 1 aromatic carbocycles. The largest absolute Gasteiger partial charge is 0.377 e. The van der Waals surface area contributed by atoms with Crippen LogP contribution in [-0.4, -0.2) is 50.4 Å². The minimum absolute atomic E-state index is 0.00959. The smallest absolute Gasteiger partial charge is 0.224 e. The molecule has 0 saturated carbocycles. The molecule has 1 aromatic heterocycles. The summed E-state index contributed by atoms with van der Waals surface area (Å²) in [6.45, 7) is 3.70. The zero-order valence-electron chi connectivity index (χ0n) is 13.7. The molecule has 0 aliphatic carbocycles. The van der Waals surface area contributed by atoms with Gasteiger partial charge in [-0.25, -0.2) is 22.8 Å². The fourth-order valence-electron chi connectivity index (χ4n) is 2.78. The third-order valence-electron chi connectivity index (χ3n) is 3.96. The number of rotatable bonds is 3. The Kier molecular flexibility index (Phi) is 4.95. The standard InChI is InChI=1S/C16H17ClFN3O3S/c1-10-9-24-6-5-21(10)15-8-13(19-16(17)20-15)12-7-11(18)3-4-14(12)25(2,22)23/h3-4,7-8,10H,5-6,9H2,1-2H3. The van der Waals surface area contributed by atoms with Crippen LogP contribution >= 0.6 is 11.6 Å². The van der Waals surface area contributed by atoms with Crippen molar-refractivity contribution in [3.05, 3.63) is 35.4 Å². The number of aromatic nitrogens is 2. The van der Waals surface area contributed by atoms with Gasteiger partial charge in [0.2, 0.25) is 5.28 Å². The van der Waals surface area contributed by atoms with E-state index in [1.54, 1.807) is 6.07 Å². The Bertz CT molecular complexity index is 907. The number of anilines is 1. The monoisotopic (exact) mass is 385 g/mol. The minimum Gasteiger partial charge on any atom is -0.377 e. The van der Waals surface area contributed by atoms with Gasteiger partial charge in [-0.05, 0) is 36.7 Å². The topological polar surface area (TPSA) is 72.4 Å². The molecule has 9 heteroatoms. The molecule has 0 amide bonds. The SMILES string of the molecule is CC1COCCN1c1cc(-c2cc(F)ccc2S(C)(=O)=O)nc(Cl)n1. The second-order valence-corrected chi connectivity index (χ2v) is 8.23. The summed E-state index contributed by atoms with van der Waals surface area (Å²) >= 11 is 6.05. The van der Waals surface area contributed by atoms with E-state index in [0.717, 1.165) is 18.4 Å². The highest BCUT2D eigenvalue weighted by Gasteiger charge is 2.23. The van der Waals surface area contributed by atoms with Crippen LogP contribution in [0.3, 0.4) is 0 Å². The van der Waals surface area contributed by atoms with Crippen LogP contribution in [0.5, 0.6) is 0 Å². The molecule has 1 aliphatic heterocycles.